The monoisotopic (exact) mass is 307 g/mol. The molecule has 0 atom stereocenters. The highest BCUT2D eigenvalue weighted by atomic mass is 16.5. The topological polar surface area (TPSA) is 61.0 Å². The largest absolute Gasteiger partial charge is 0.494 e. The highest BCUT2D eigenvalue weighted by Gasteiger charge is 2.05. The van der Waals surface area contributed by atoms with Crippen molar-refractivity contribution in [3.8, 4) is 5.75 Å². The highest BCUT2D eigenvalue weighted by Crippen LogP contribution is 2.18. The molecule has 0 aliphatic carbocycles. The van der Waals surface area contributed by atoms with E-state index in [1.165, 1.54) is 5.56 Å². The molecular formula is C19H21N3O. The molecular weight excluding hydrogens is 286 g/mol. The van der Waals surface area contributed by atoms with Gasteiger partial charge >= 0.3 is 0 Å². The van der Waals surface area contributed by atoms with Crippen LogP contribution in [0.5, 0.6) is 5.75 Å². The van der Waals surface area contributed by atoms with E-state index in [0.29, 0.717) is 12.6 Å². The Kier molecular flexibility index (Phi) is 4.71. The Bertz CT molecular complexity index is 784. The van der Waals surface area contributed by atoms with Gasteiger partial charge in [-0.3, -0.25) is 0 Å². The lowest BCUT2D eigenvalue weighted by Gasteiger charge is -2.08. The van der Waals surface area contributed by atoms with Crippen LogP contribution in [0.1, 0.15) is 24.1 Å². The van der Waals surface area contributed by atoms with Crippen molar-refractivity contribution < 1.29 is 4.74 Å². The van der Waals surface area contributed by atoms with Crippen LogP contribution in [0.25, 0.3) is 10.9 Å². The zero-order valence-electron chi connectivity index (χ0n) is 13.3. The molecule has 3 rings (SSSR count). The smallest absolute Gasteiger partial charge is 0.220 e. The molecule has 1 heterocycles. The van der Waals surface area contributed by atoms with Crippen molar-refractivity contribution in [1.29, 1.82) is 0 Å². The van der Waals surface area contributed by atoms with Gasteiger partial charge in [0.2, 0.25) is 5.95 Å². The van der Waals surface area contributed by atoms with Gasteiger partial charge < -0.3 is 10.5 Å². The Hall–Kier alpha value is -2.62. The summed E-state index contributed by atoms with van der Waals surface area (Å²) in [7, 11) is 0. The van der Waals surface area contributed by atoms with Crippen LogP contribution in [0.3, 0.4) is 0 Å². The normalized spacial score (nSPS) is 10.8. The van der Waals surface area contributed by atoms with Gasteiger partial charge in [-0.2, -0.15) is 0 Å². The van der Waals surface area contributed by atoms with Crippen molar-refractivity contribution >= 4 is 16.9 Å². The van der Waals surface area contributed by atoms with E-state index in [2.05, 4.69) is 29.0 Å². The first-order valence-corrected chi connectivity index (χ1v) is 7.93. The molecule has 4 heteroatoms. The van der Waals surface area contributed by atoms with E-state index >= 15 is 0 Å². The van der Waals surface area contributed by atoms with Crippen molar-refractivity contribution in [1.82, 2.24) is 9.97 Å². The van der Waals surface area contributed by atoms with Gasteiger partial charge in [0, 0.05) is 5.39 Å². The summed E-state index contributed by atoms with van der Waals surface area (Å²) >= 11 is 0. The van der Waals surface area contributed by atoms with Crippen LogP contribution in [-0.4, -0.2) is 16.6 Å². The van der Waals surface area contributed by atoms with Gasteiger partial charge in [-0.05, 0) is 44.4 Å². The molecule has 0 fully saturated rings. The van der Waals surface area contributed by atoms with Crippen LogP contribution in [0, 0.1) is 6.92 Å². The number of nitrogens with zero attached hydrogens (tertiary/aromatic N) is 2. The van der Waals surface area contributed by atoms with Gasteiger partial charge in [-0.15, -0.1) is 0 Å². The molecule has 23 heavy (non-hydrogen) atoms. The summed E-state index contributed by atoms with van der Waals surface area (Å²) in [5, 5.41) is 1.08. The lowest BCUT2D eigenvalue weighted by Crippen LogP contribution is -2.03. The Balaban J connectivity index is 1.54. The summed E-state index contributed by atoms with van der Waals surface area (Å²) in [6.07, 6.45) is 2.86. The number of nitrogens with two attached hydrogens (primary N) is 1. The lowest BCUT2D eigenvalue weighted by atomic mass is 10.1. The van der Waals surface area contributed by atoms with Crippen molar-refractivity contribution in [2.45, 2.75) is 26.2 Å². The van der Waals surface area contributed by atoms with Crippen molar-refractivity contribution in [3.05, 3.63) is 59.8 Å². The lowest BCUT2D eigenvalue weighted by molar-refractivity contribution is 0.307. The second kappa shape index (κ2) is 7.09. The number of para-hydroxylation sites is 1. The summed E-state index contributed by atoms with van der Waals surface area (Å²) in [4.78, 5) is 8.66. The SMILES string of the molecule is Cc1ccc(OCCCCc2nc(N)nc3ccccc23)cc1. The summed E-state index contributed by atoms with van der Waals surface area (Å²) < 4.78 is 5.75. The van der Waals surface area contributed by atoms with Crippen LogP contribution in [0.4, 0.5) is 5.95 Å². The number of nitrogen functional groups attached to an aromatic ring is 1. The average Bonchev–Trinajstić information content (AvgIpc) is 2.56. The average molecular weight is 307 g/mol. The number of hydrogen-bond acceptors (Lipinski definition) is 4. The summed E-state index contributed by atoms with van der Waals surface area (Å²) in [5.74, 6) is 1.27. The molecule has 3 aromatic rings. The van der Waals surface area contributed by atoms with E-state index in [1.54, 1.807) is 0 Å². The molecule has 2 N–H and O–H groups in total. The number of ether oxygens (including phenoxy) is 1. The standard InChI is InChI=1S/C19H21N3O/c1-14-9-11-15(12-10-14)23-13-5-4-8-18-16-6-2-3-7-17(16)21-19(20)22-18/h2-3,6-7,9-12H,4-5,8,13H2,1H3,(H2,20,21,22). The molecule has 0 unspecified atom stereocenters. The predicted octanol–water partition coefficient (Wildman–Crippen LogP) is 3.92. The minimum atomic E-state index is 0.342. The second-order valence-corrected chi connectivity index (χ2v) is 5.66. The number of aromatic nitrogens is 2. The van der Waals surface area contributed by atoms with Crippen LogP contribution in [0.2, 0.25) is 0 Å². The number of hydrogen-bond donors (Lipinski definition) is 1. The van der Waals surface area contributed by atoms with Crippen molar-refractivity contribution in [2.24, 2.45) is 0 Å². The fourth-order valence-corrected chi connectivity index (χ4v) is 2.57. The van der Waals surface area contributed by atoms with Gasteiger partial charge in [-0.1, -0.05) is 35.9 Å². The van der Waals surface area contributed by atoms with E-state index in [9.17, 15) is 0 Å². The Morgan fingerprint density at radius 3 is 2.57 bits per heavy atom. The number of anilines is 1. The first-order chi connectivity index (χ1) is 11.2. The minimum Gasteiger partial charge on any atom is -0.494 e. The van der Waals surface area contributed by atoms with Crippen molar-refractivity contribution in [2.75, 3.05) is 12.3 Å². The maximum Gasteiger partial charge on any atom is 0.220 e. The maximum atomic E-state index is 5.80. The van der Waals surface area contributed by atoms with Crippen LogP contribution in [0.15, 0.2) is 48.5 Å². The number of rotatable bonds is 6. The first-order valence-electron chi connectivity index (χ1n) is 7.93. The number of fused-ring (bicyclic) bond motifs is 1. The van der Waals surface area contributed by atoms with Gasteiger partial charge in [0.15, 0.2) is 0 Å². The number of benzene rings is 2. The highest BCUT2D eigenvalue weighted by molar-refractivity contribution is 5.81. The summed E-state index contributed by atoms with van der Waals surface area (Å²) in [5.41, 5.74) is 8.96. The molecule has 1 aromatic heterocycles. The second-order valence-electron chi connectivity index (χ2n) is 5.66. The Labute approximate surface area is 136 Å². The fourth-order valence-electron chi connectivity index (χ4n) is 2.57. The van der Waals surface area contributed by atoms with Crippen LogP contribution < -0.4 is 10.5 Å². The molecule has 0 aliphatic heterocycles. The first kappa shape index (κ1) is 15.3. The molecule has 2 aromatic carbocycles. The molecule has 4 nitrogen and oxygen atoms in total. The third-order valence-electron chi connectivity index (χ3n) is 3.80. The third-order valence-corrected chi connectivity index (χ3v) is 3.80. The van der Waals surface area contributed by atoms with Gasteiger partial charge in [0.1, 0.15) is 5.75 Å². The minimum absolute atomic E-state index is 0.342. The van der Waals surface area contributed by atoms with E-state index in [1.807, 2.05) is 36.4 Å². The Morgan fingerprint density at radius 2 is 1.74 bits per heavy atom. The molecule has 0 bridgehead atoms. The third kappa shape index (κ3) is 3.97. The van der Waals surface area contributed by atoms with E-state index in [-0.39, 0.29) is 0 Å². The molecule has 0 aliphatic rings. The van der Waals surface area contributed by atoms with Crippen LogP contribution >= 0.6 is 0 Å². The van der Waals surface area contributed by atoms with Gasteiger partial charge in [0.25, 0.3) is 0 Å². The quantitative estimate of drug-likeness (QED) is 0.701. The maximum absolute atomic E-state index is 5.80. The molecule has 118 valence electrons. The zero-order valence-corrected chi connectivity index (χ0v) is 13.3. The zero-order chi connectivity index (χ0) is 16.1. The summed E-state index contributed by atoms with van der Waals surface area (Å²) in [6.45, 7) is 2.78. The van der Waals surface area contributed by atoms with Gasteiger partial charge in [-0.25, -0.2) is 9.97 Å². The molecule has 0 amide bonds. The summed E-state index contributed by atoms with van der Waals surface area (Å²) in [6, 6.07) is 16.1. The molecule has 0 saturated heterocycles. The van der Waals surface area contributed by atoms with Gasteiger partial charge in [0.05, 0.1) is 17.8 Å². The number of aryl methyl sites for hydroxylation is 2. The fraction of sp³-hybridized carbons (Fsp3) is 0.263. The Morgan fingerprint density at radius 1 is 0.957 bits per heavy atom. The van der Waals surface area contributed by atoms with E-state index < -0.39 is 0 Å². The van der Waals surface area contributed by atoms with E-state index in [0.717, 1.165) is 41.6 Å². The van der Waals surface area contributed by atoms with E-state index in [4.69, 9.17) is 10.5 Å². The molecule has 0 radical (unpaired) electrons. The molecule has 0 spiro atoms. The van der Waals surface area contributed by atoms with Crippen LogP contribution in [-0.2, 0) is 6.42 Å². The molecule has 0 saturated carbocycles. The predicted molar refractivity (Wildman–Crippen MR) is 93.6 cm³/mol. The number of unbranched alkanes of at least 4 members (excludes halogenated alkanes) is 1. The van der Waals surface area contributed by atoms with Crippen molar-refractivity contribution in [3.63, 3.8) is 0 Å².